The molecule has 20 heavy (non-hydrogen) atoms. The number of nitrogens with zero attached hydrogens (tertiary/aromatic N) is 1. The fourth-order valence-electron chi connectivity index (χ4n) is 2.60. The number of hydrogen-bond acceptors (Lipinski definition) is 3. The van der Waals surface area contributed by atoms with Crippen LogP contribution < -0.4 is 0 Å². The van der Waals surface area contributed by atoms with Crippen LogP contribution in [0, 0.1) is 5.82 Å². The summed E-state index contributed by atoms with van der Waals surface area (Å²) in [6.07, 6.45) is 4.57. The highest BCUT2D eigenvalue weighted by atomic mass is 32.2. The van der Waals surface area contributed by atoms with Crippen LogP contribution >= 0.6 is 11.8 Å². The van der Waals surface area contributed by atoms with Crippen LogP contribution in [0.3, 0.4) is 0 Å². The number of hydrogen-bond donors (Lipinski definition) is 0. The van der Waals surface area contributed by atoms with Crippen molar-refractivity contribution in [3.05, 3.63) is 52.7 Å². The zero-order valence-electron chi connectivity index (χ0n) is 11.6. The normalized spacial score (nSPS) is 15.9. The van der Waals surface area contributed by atoms with Gasteiger partial charge >= 0.3 is 0 Å². The second-order valence-electron chi connectivity index (χ2n) is 5.24. The number of aromatic nitrogens is 1. The SMILES string of the molecule is CC(SCc1noc2c1CCCC2)c1ccc(F)cc1. The van der Waals surface area contributed by atoms with Gasteiger partial charge in [0.05, 0.1) is 5.69 Å². The number of benzene rings is 1. The van der Waals surface area contributed by atoms with Crippen molar-refractivity contribution >= 4 is 11.8 Å². The van der Waals surface area contributed by atoms with E-state index in [0.717, 1.165) is 35.6 Å². The average Bonchev–Trinajstić information content (AvgIpc) is 2.89. The molecule has 3 rings (SSSR count). The van der Waals surface area contributed by atoms with E-state index in [-0.39, 0.29) is 5.82 Å². The number of rotatable bonds is 4. The minimum absolute atomic E-state index is 0.184. The fourth-order valence-corrected chi connectivity index (χ4v) is 3.58. The molecule has 1 aliphatic rings. The Hall–Kier alpha value is -1.29. The third-order valence-corrected chi connectivity index (χ3v) is 5.05. The Kier molecular flexibility index (Phi) is 4.10. The number of fused-ring (bicyclic) bond motifs is 1. The van der Waals surface area contributed by atoms with Crippen molar-refractivity contribution in [2.75, 3.05) is 0 Å². The van der Waals surface area contributed by atoms with Gasteiger partial charge in [0.25, 0.3) is 0 Å². The molecular formula is C16H18FNOS. The molecule has 0 aliphatic heterocycles. The third kappa shape index (κ3) is 2.90. The molecule has 0 saturated heterocycles. The Morgan fingerprint density at radius 2 is 2.00 bits per heavy atom. The first kappa shape index (κ1) is 13.7. The molecule has 0 radical (unpaired) electrons. The van der Waals surface area contributed by atoms with Gasteiger partial charge in [0.2, 0.25) is 0 Å². The number of halogens is 1. The number of aryl methyl sites for hydroxylation is 1. The van der Waals surface area contributed by atoms with Crippen LogP contribution in [-0.2, 0) is 18.6 Å². The molecule has 1 atom stereocenters. The summed E-state index contributed by atoms with van der Waals surface area (Å²) in [6.45, 7) is 2.14. The third-order valence-electron chi connectivity index (χ3n) is 3.84. The van der Waals surface area contributed by atoms with Crippen molar-refractivity contribution in [1.82, 2.24) is 5.16 Å². The summed E-state index contributed by atoms with van der Waals surface area (Å²) >= 11 is 1.82. The van der Waals surface area contributed by atoms with Gasteiger partial charge in [-0.15, -0.1) is 11.8 Å². The molecular weight excluding hydrogens is 273 g/mol. The highest BCUT2D eigenvalue weighted by Gasteiger charge is 2.19. The molecule has 0 spiro atoms. The van der Waals surface area contributed by atoms with E-state index in [1.165, 1.54) is 30.5 Å². The topological polar surface area (TPSA) is 26.0 Å². The van der Waals surface area contributed by atoms with Crippen LogP contribution in [-0.4, -0.2) is 5.16 Å². The van der Waals surface area contributed by atoms with Gasteiger partial charge in [0, 0.05) is 23.0 Å². The van der Waals surface area contributed by atoms with Crippen LogP contribution in [0.1, 0.15) is 47.6 Å². The molecule has 1 unspecified atom stereocenters. The lowest BCUT2D eigenvalue weighted by molar-refractivity contribution is 0.369. The quantitative estimate of drug-likeness (QED) is 0.817. The predicted octanol–water partition coefficient (Wildman–Crippen LogP) is 4.69. The van der Waals surface area contributed by atoms with E-state index in [9.17, 15) is 4.39 Å². The molecule has 1 heterocycles. The standard InChI is InChI=1S/C16H18FNOS/c1-11(12-6-8-13(17)9-7-12)20-10-15-14-4-2-3-5-16(14)19-18-15/h6-9,11H,2-5,10H2,1H3. The fraction of sp³-hybridized carbons (Fsp3) is 0.438. The summed E-state index contributed by atoms with van der Waals surface area (Å²) in [5, 5.41) is 4.55. The average molecular weight is 291 g/mol. The summed E-state index contributed by atoms with van der Waals surface area (Å²) in [6, 6.07) is 6.74. The summed E-state index contributed by atoms with van der Waals surface area (Å²) in [5.74, 6) is 1.76. The summed E-state index contributed by atoms with van der Waals surface area (Å²) in [7, 11) is 0. The van der Waals surface area contributed by atoms with Gasteiger partial charge in [0.15, 0.2) is 0 Å². The smallest absolute Gasteiger partial charge is 0.140 e. The van der Waals surface area contributed by atoms with E-state index >= 15 is 0 Å². The van der Waals surface area contributed by atoms with E-state index < -0.39 is 0 Å². The lowest BCUT2D eigenvalue weighted by Gasteiger charge is -2.12. The molecule has 0 fully saturated rings. The van der Waals surface area contributed by atoms with Crippen molar-refractivity contribution in [1.29, 1.82) is 0 Å². The van der Waals surface area contributed by atoms with Crippen molar-refractivity contribution in [2.24, 2.45) is 0 Å². The maximum atomic E-state index is 12.9. The second kappa shape index (κ2) is 6.00. The van der Waals surface area contributed by atoms with Gasteiger partial charge in [-0.25, -0.2) is 4.39 Å². The van der Waals surface area contributed by atoms with Crippen LogP contribution in [0.25, 0.3) is 0 Å². The molecule has 1 aromatic carbocycles. The Morgan fingerprint density at radius 1 is 1.25 bits per heavy atom. The first-order valence-electron chi connectivity index (χ1n) is 7.07. The van der Waals surface area contributed by atoms with Crippen LogP contribution in [0.15, 0.2) is 28.8 Å². The largest absolute Gasteiger partial charge is 0.361 e. The summed E-state index contributed by atoms with van der Waals surface area (Å²) in [4.78, 5) is 0. The monoisotopic (exact) mass is 291 g/mol. The van der Waals surface area contributed by atoms with Gasteiger partial charge in [0.1, 0.15) is 11.6 Å². The summed E-state index contributed by atoms with van der Waals surface area (Å²) < 4.78 is 18.3. The van der Waals surface area contributed by atoms with Crippen molar-refractivity contribution in [2.45, 2.75) is 43.6 Å². The zero-order valence-corrected chi connectivity index (χ0v) is 12.4. The van der Waals surface area contributed by atoms with E-state index in [2.05, 4.69) is 12.1 Å². The van der Waals surface area contributed by atoms with E-state index in [1.54, 1.807) is 0 Å². The van der Waals surface area contributed by atoms with Gasteiger partial charge in [-0.3, -0.25) is 0 Å². The highest BCUT2D eigenvalue weighted by molar-refractivity contribution is 7.98. The van der Waals surface area contributed by atoms with Gasteiger partial charge in [-0.2, -0.15) is 0 Å². The first-order valence-corrected chi connectivity index (χ1v) is 8.12. The van der Waals surface area contributed by atoms with Gasteiger partial charge in [-0.05, 0) is 43.9 Å². The molecule has 0 amide bonds. The van der Waals surface area contributed by atoms with E-state index in [1.807, 2.05) is 23.9 Å². The Balaban J connectivity index is 1.64. The Labute approximate surface area is 122 Å². The van der Waals surface area contributed by atoms with E-state index in [0.29, 0.717) is 5.25 Å². The Bertz CT molecular complexity index is 579. The molecule has 1 aliphatic carbocycles. The molecule has 1 aromatic heterocycles. The second-order valence-corrected chi connectivity index (χ2v) is 6.57. The lowest BCUT2D eigenvalue weighted by atomic mass is 9.97. The summed E-state index contributed by atoms with van der Waals surface area (Å²) in [5.41, 5.74) is 3.57. The van der Waals surface area contributed by atoms with Crippen molar-refractivity contribution in [3.8, 4) is 0 Å². The first-order chi connectivity index (χ1) is 9.74. The Morgan fingerprint density at radius 3 is 2.80 bits per heavy atom. The lowest BCUT2D eigenvalue weighted by Crippen LogP contribution is -2.01. The van der Waals surface area contributed by atoms with Gasteiger partial charge in [-0.1, -0.05) is 17.3 Å². The van der Waals surface area contributed by atoms with Crippen LogP contribution in [0.2, 0.25) is 0 Å². The molecule has 2 nitrogen and oxygen atoms in total. The molecule has 0 saturated carbocycles. The van der Waals surface area contributed by atoms with E-state index in [4.69, 9.17) is 4.52 Å². The highest BCUT2D eigenvalue weighted by Crippen LogP contribution is 2.33. The molecule has 0 bridgehead atoms. The maximum Gasteiger partial charge on any atom is 0.140 e. The van der Waals surface area contributed by atoms with Crippen LogP contribution in [0.5, 0.6) is 0 Å². The van der Waals surface area contributed by atoms with Crippen molar-refractivity contribution in [3.63, 3.8) is 0 Å². The minimum atomic E-state index is -0.184. The van der Waals surface area contributed by atoms with Gasteiger partial charge < -0.3 is 4.52 Å². The molecule has 106 valence electrons. The number of thioether (sulfide) groups is 1. The zero-order chi connectivity index (χ0) is 13.9. The molecule has 0 N–H and O–H groups in total. The maximum absolute atomic E-state index is 12.9. The predicted molar refractivity (Wildman–Crippen MR) is 79.3 cm³/mol. The van der Waals surface area contributed by atoms with Crippen LogP contribution in [0.4, 0.5) is 4.39 Å². The minimum Gasteiger partial charge on any atom is -0.361 e. The molecule has 2 aromatic rings. The van der Waals surface area contributed by atoms with Crippen molar-refractivity contribution < 1.29 is 8.91 Å². The molecule has 4 heteroatoms.